The van der Waals surface area contributed by atoms with Crippen LogP contribution in [0, 0.1) is 11.8 Å². The average Bonchev–Trinajstić information content (AvgIpc) is 3.16. The molecule has 0 saturated heterocycles. The first kappa shape index (κ1) is 18.1. The van der Waals surface area contributed by atoms with Gasteiger partial charge in [0.25, 0.3) is 0 Å². The zero-order chi connectivity index (χ0) is 18.1. The second kappa shape index (κ2) is 6.91. The van der Waals surface area contributed by atoms with E-state index in [9.17, 15) is 5.11 Å². The summed E-state index contributed by atoms with van der Waals surface area (Å²) >= 11 is 0. The van der Waals surface area contributed by atoms with Crippen molar-refractivity contribution in [2.45, 2.75) is 70.9 Å². The number of nitrogens with zero attached hydrogens (tertiary/aromatic N) is 3. The molecule has 0 radical (unpaired) electrons. The largest absolute Gasteiger partial charge is 0.387 e. The smallest absolute Gasteiger partial charge is 0.137 e. The summed E-state index contributed by atoms with van der Waals surface area (Å²) in [7, 11) is 0. The van der Waals surface area contributed by atoms with Crippen molar-refractivity contribution >= 4 is 0 Å². The fourth-order valence-electron chi connectivity index (χ4n) is 4.33. The highest BCUT2D eigenvalue weighted by molar-refractivity contribution is 5.28. The number of rotatable bonds is 5. The molecule has 3 rings (SSSR count). The van der Waals surface area contributed by atoms with Crippen molar-refractivity contribution in [3.63, 3.8) is 0 Å². The molecule has 1 heterocycles. The molecular weight excluding hydrogens is 310 g/mol. The van der Waals surface area contributed by atoms with Crippen molar-refractivity contribution in [3.05, 3.63) is 48.0 Å². The Morgan fingerprint density at radius 1 is 1.16 bits per heavy atom. The van der Waals surface area contributed by atoms with E-state index < -0.39 is 5.60 Å². The van der Waals surface area contributed by atoms with E-state index in [1.165, 1.54) is 11.1 Å². The maximum absolute atomic E-state index is 11.5. The predicted molar refractivity (Wildman–Crippen MR) is 100 cm³/mol. The van der Waals surface area contributed by atoms with E-state index in [-0.39, 0.29) is 11.3 Å². The van der Waals surface area contributed by atoms with Gasteiger partial charge in [0.05, 0.1) is 12.1 Å². The van der Waals surface area contributed by atoms with Gasteiger partial charge >= 0.3 is 0 Å². The molecule has 1 saturated carbocycles. The van der Waals surface area contributed by atoms with Crippen LogP contribution >= 0.6 is 0 Å². The van der Waals surface area contributed by atoms with Crippen LogP contribution < -0.4 is 0 Å². The molecule has 3 atom stereocenters. The molecule has 1 aliphatic carbocycles. The van der Waals surface area contributed by atoms with Crippen LogP contribution in [0.25, 0.3) is 0 Å². The monoisotopic (exact) mass is 341 g/mol. The van der Waals surface area contributed by atoms with Crippen LogP contribution in [0.2, 0.25) is 0 Å². The minimum absolute atomic E-state index is 0.174. The van der Waals surface area contributed by atoms with Gasteiger partial charge in [0.1, 0.15) is 12.7 Å². The van der Waals surface area contributed by atoms with Crippen LogP contribution in [0.1, 0.15) is 58.1 Å². The normalized spacial score (nSPS) is 26.9. The van der Waals surface area contributed by atoms with Crippen molar-refractivity contribution in [1.29, 1.82) is 0 Å². The van der Waals surface area contributed by atoms with Crippen molar-refractivity contribution in [2.75, 3.05) is 0 Å². The summed E-state index contributed by atoms with van der Waals surface area (Å²) < 4.78 is 1.78. The quantitative estimate of drug-likeness (QED) is 0.895. The number of hydrogen-bond acceptors (Lipinski definition) is 3. The Morgan fingerprint density at radius 2 is 1.84 bits per heavy atom. The van der Waals surface area contributed by atoms with E-state index in [0.29, 0.717) is 12.5 Å². The van der Waals surface area contributed by atoms with Gasteiger partial charge in [-0.2, -0.15) is 5.10 Å². The Morgan fingerprint density at radius 3 is 2.40 bits per heavy atom. The molecule has 0 aliphatic heterocycles. The highest BCUT2D eigenvalue weighted by atomic mass is 16.3. The summed E-state index contributed by atoms with van der Waals surface area (Å²) in [5.74, 6) is 0.595. The van der Waals surface area contributed by atoms with Crippen LogP contribution in [0.4, 0.5) is 0 Å². The fraction of sp³-hybridized carbons (Fsp3) is 0.619. The summed E-state index contributed by atoms with van der Waals surface area (Å²) in [6, 6.07) is 8.93. The Labute approximate surface area is 151 Å². The third-order valence-electron chi connectivity index (χ3n) is 5.95. The van der Waals surface area contributed by atoms with Gasteiger partial charge in [0.2, 0.25) is 0 Å². The third-order valence-corrected chi connectivity index (χ3v) is 5.95. The number of aliphatic hydroxyl groups is 1. The standard InChI is InChI=1S/C21H31N3O/c1-5-17-10-11-19(21(17,25)13-24-15-22-14-23-24)12-16-6-8-18(9-7-16)20(2,3)4/h6-9,14-15,17,19,25H,5,10-13H2,1-4H3. The van der Waals surface area contributed by atoms with Crippen molar-refractivity contribution in [1.82, 2.24) is 14.8 Å². The van der Waals surface area contributed by atoms with Crippen LogP contribution in [-0.2, 0) is 18.4 Å². The molecule has 4 nitrogen and oxygen atoms in total. The molecule has 4 heteroatoms. The minimum atomic E-state index is -0.703. The van der Waals surface area contributed by atoms with Crippen molar-refractivity contribution in [2.24, 2.45) is 11.8 Å². The first-order chi connectivity index (χ1) is 11.8. The Kier molecular flexibility index (Phi) is 5.01. The Hall–Kier alpha value is -1.68. The summed E-state index contributed by atoms with van der Waals surface area (Å²) in [6.07, 6.45) is 7.34. The van der Waals surface area contributed by atoms with Gasteiger partial charge in [-0.3, -0.25) is 4.68 Å². The molecule has 25 heavy (non-hydrogen) atoms. The Bertz CT molecular complexity index is 672. The van der Waals surface area contributed by atoms with Crippen LogP contribution in [0.15, 0.2) is 36.9 Å². The van der Waals surface area contributed by atoms with E-state index in [2.05, 4.69) is 62.0 Å². The highest BCUT2D eigenvalue weighted by Crippen LogP contribution is 2.45. The molecule has 0 bridgehead atoms. The van der Waals surface area contributed by atoms with Crippen LogP contribution in [0.5, 0.6) is 0 Å². The van der Waals surface area contributed by atoms with Gasteiger partial charge in [-0.05, 0) is 47.6 Å². The van der Waals surface area contributed by atoms with Gasteiger partial charge in [-0.15, -0.1) is 0 Å². The lowest BCUT2D eigenvalue weighted by Crippen LogP contribution is -2.44. The fourth-order valence-corrected chi connectivity index (χ4v) is 4.33. The second-order valence-electron chi connectivity index (χ2n) is 8.61. The zero-order valence-electron chi connectivity index (χ0n) is 15.9. The van der Waals surface area contributed by atoms with E-state index in [1.54, 1.807) is 17.3 Å². The molecule has 0 amide bonds. The van der Waals surface area contributed by atoms with Crippen molar-refractivity contribution < 1.29 is 5.11 Å². The maximum Gasteiger partial charge on any atom is 0.137 e. The lowest BCUT2D eigenvalue weighted by Gasteiger charge is -2.35. The number of aromatic nitrogens is 3. The van der Waals surface area contributed by atoms with E-state index in [1.807, 2.05) is 0 Å². The van der Waals surface area contributed by atoms with E-state index >= 15 is 0 Å². The minimum Gasteiger partial charge on any atom is -0.387 e. The van der Waals surface area contributed by atoms with Gasteiger partial charge in [0, 0.05) is 0 Å². The lowest BCUT2D eigenvalue weighted by atomic mass is 9.79. The topological polar surface area (TPSA) is 50.9 Å². The molecule has 2 aromatic rings. The van der Waals surface area contributed by atoms with E-state index in [0.717, 1.165) is 25.7 Å². The second-order valence-corrected chi connectivity index (χ2v) is 8.61. The molecule has 1 aliphatic rings. The molecule has 1 aromatic heterocycles. The summed E-state index contributed by atoms with van der Waals surface area (Å²) in [6.45, 7) is 9.43. The molecule has 0 spiro atoms. The molecule has 3 unspecified atom stereocenters. The first-order valence-electron chi connectivity index (χ1n) is 9.47. The van der Waals surface area contributed by atoms with Gasteiger partial charge < -0.3 is 5.11 Å². The summed E-state index contributed by atoms with van der Waals surface area (Å²) in [5, 5.41) is 15.8. The lowest BCUT2D eigenvalue weighted by molar-refractivity contribution is -0.0545. The predicted octanol–water partition coefficient (Wildman–Crippen LogP) is 3.99. The maximum atomic E-state index is 11.5. The SMILES string of the molecule is CCC1CCC(Cc2ccc(C(C)(C)C)cc2)C1(O)Cn1cncn1. The zero-order valence-corrected chi connectivity index (χ0v) is 15.9. The summed E-state index contributed by atoms with van der Waals surface area (Å²) in [4.78, 5) is 4.03. The third kappa shape index (κ3) is 3.79. The average molecular weight is 341 g/mol. The molecule has 1 aromatic carbocycles. The number of hydrogen-bond donors (Lipinski definition) is 1. The van der Waals surface area contributed by atoms with Gasteiger partial charge in [-0.25, -0.2) is 4.98 Å². The molecule has 1 N–H and O–H groups in total. The molecular formula is C21H31N3O. The van der Waals surface area contributed by atoms with Gasteiger partial charge in [0.15, 0.2) is 0 Å². The highest BCUT2D eigenvalue weighted by Gasteiger charge is 2.48. The molecule has 136 valence electrons. The Balaban J connectivity index is 1.78. The van der Waals surface area contributed by atoms with Crippen LogP contribution in [0.3, 0.4) is 0 Å². The summed E-state index contributed by atoms with van der Waals surface area (Å²) in [5.41, 5.74) is 2.14. The van der Waals surface area contributed by atoms with E-state index in [4.69, 9.17) is 0 Å². The van der Waals surface area contributed by atoms with Crippen LogP contribution in [-0.4, -0.2) is 25.5 Å². The number of benzene rings is 1. The molecule has 1 fully saturated rings. The van der Waals surface area contributed by atoms with Crippen molar-refractivity contribution in [3.8, 4) is 0 Å². The van der Waals surface area contributed by atoms with Gasteiger partial charge in [-0.1, -0.05) is 58.4 Å². The first-order valence-corrected chi connectivity index (χ1v) is 9.47.